The smallest absolute Gasteiger partial charge is 0.356 e. The Morgan fingerprint density at radius 2 is 1.92 bits per heavy atom. The van der Waals surface area contributed by atoms with Gasteiger partial charge in [-0.25, -0.2) is 20.6 Å². The van der Waals surface area contributed by atoms with E-state index in [1.165, 1.54) is 17.8 Å². The standard InChI is InChI=1S/C15H19N5O4/c1-4-23-12-7-6-11(8-13(12)24-5-2)19-9-17-14(18-15(19)22)20(16)10(3)21/h6-9H,4-5,16H2,1-3H3. The van der Waals surface area contributed by atoms with Crippen LogP contribution in [0.15, 0.2) is 29.3 Å². The maximum Gasteiger partial charge on any atom is 0.356 e. The number of benzene rings is 1. The zero-order valence-electron chi connectivity index (χ0n) is 13.7. The summed E-state index contributed by atoms with van der Waals surface area (Å²) in [7, 11) is 0. The second-order valence-electron chi connectivity index (χ2n) is 4.70. The summed E-state index contributed by atoms with van der Waals surface area (Å²) >= 11 is 0. The van der Waals surface area contributed by atoms with Crippen LogP contribution in [-0.4, -0.2) is 33.7 Å². The number of carbonyl (C=O) groups excluding carboxylic acids is 1. The maximum atomic E-state index is 12.2. The van der Waals surface area contributed by atoms with Gasteiger partial charge in [-0.3, -0.25) is 9.36 Å². The minimum atomic E-state index is -0.622. The fourth-order valence-electron chi connectivity index (χ4n) is 1.95. The normalized spacial score (nSPS) is 10.3. The molecular formula is C15H19N5O4. The van der Waals surface area contributed by atoms with Crippen LogP contribution in [0.5, 0.6) is 11.5 Å². The Labute approximate surface area is 138 Å². The number of carbonyl (C=O) groups is 1. The molecule has 0 fully saturated rings. The number of rotatable bonds is 6. The van der Waals surface area contributed by atoms with E-state index in [2.05, 4.69) is 9.97 Å². The Bertz CT molecular complexity index is 790. The molecule has 0 saturated heterocycles. The lowest BCUT2D eigenvalue weighted by molar-refractivity contribution is -0.116. The molecule has 2 N–H and O–H groups in total. The second kappa shape index (κ2) is 7.55. The van der Waals surface area contributed by atoms with Crippen molar-refractivity contribution >= 4 is 11.9 Å². The van der Waals surface area contributed by atoms with Crippen LogP contribution < -0.4 is 26.0 Å². The van der Waals surface area contributed by atoms with Crippen LogP contribution in [0, 0.1) is 0 Å². The number of anilines is 1. The van der Waals surface area contributed by atoms with E-state index in [9.17, 15) is 9.59 Å². The molecule has 0 aliphatic rings. The predicted octanol–water partition coefficient (Wildman–Crippen LogP) is 0.651. The van der Waals surface area contributed by atoms with Gasteiger partial charge in [0.25, 0.3) is 5.95 Å². The van der Waals surface area contributed by atoms with E-state index in [0.717, 1.165) is 0 Å². The van der Waals surface area contributed by atoms with Gasteiger partial charge in [-0.05, 0) is 26.0 Å². The molecule has 2 rings (SSSR count). The summed E-state index contributed by atoms with van der Waals surface area (Å²) in [5, 5.41) is 0.704. The molecule has 0 spiro atoms. The van der Waals surface area contributed by atoms with Crippen molar-refractivity contribution in [2.45, 2.75) is 20.8 Å². The molecule has 9 heteroatoms. The first-order chi connectivity index (χ1) is 11.5. The van der Waals surface area contributed by atoms with Crippen molar-refractivity contribution < 1.29 is 14.3 Å². The first-order valence-electron chi connectivity index (χ1n) is 7.39. The Hall–Kier alpha value is -2.94. The van der Waals surface area contributed by atoms with Gasteiger partial charge < -0.3 is 9.47 Å². The number of nitrogens with zero attached hydrogens (tertiary/aromatic N) is 4. The molecule has 0 unspecified atom stereocenters. The average molecular weight is 333 g/mol. The van der Waals surface area contributed by atoms with E-state index in [1.807, 2.05) is 13.8 Å². The Morgan fingerprint density at radius 3 is 2.50 bits per heavy atom. The first-order valence-corrected chi connectivity index (χ1v) is 7.39. The summed E-state index contributed by atoms with van der Waals surface area (Å²) in [6.45, 7) is 5.91. The van der Waals surface area contributed by atoms with Gasteiger partial charge in [-0.15, -0.1) is 0 Å². The topological polar surface area (TPSA) is 113 Å². The highest BCUT2D eigenvalue weighted by Gasteiger charge is 2.13. The Morgan fingerprint density at radius 1 is 1.25 bits per heavy atom. The number of ether oxygens (including phenoxy) is 2. The van der Waals surface area contributed by atoms with Crippen LogP contribution in [0.2, 0.25) is 0 Å². The van der Waals surface area contributed by atoms with Crippen LogP contribution in [-0.2, 0) is 4.79 Å². The molecule has 0 aliphatic heterocycles. The molecular weight excluding hydrogens is 314 g/mol. The van der Waals surface area contributed by atoms with Gasteiger partial charge in [-0.2, -0.15) is 4.98 Å². The molecule has 1 aromatic heterocycles. The van der Waals surface area contributed by atoms with E-state index >= 15 is 0 Å². The molecule has 0 bridgehead atoms. The van der Waals surface area contributed by atoms with Crippen molar-refractivity contribution in [3.63, 3.8) is 0 Å². The molecule has 0 aliphatic carbocycles. The van der Waals surface area contributed by atoms with E-state index in [4.69, 9.17) is 15.3 Å². The minimum absolute atomic E-state index is 0.167. The molecule has 0 atom stereocenters. The van der Waals surface area contributed by atoms with Crippen molar-refractivity contribution in [2.24, 2.45) is 5.84 Å². The van der Waals surface area contributed by atoms with Crippen LogP contribution in [0.25, 0.3) is 5.69 Å². The maximum absolute atomic E-state index is 12.2. The second-order valence-corrected chi connectivity index (χ2v) is 4.70. The van der Waals surface area contributed by atoms with Crippen molar-refractivity contribution in [1.82, 2.24) is 14.5 Å². The van der Waals surface area contributed by atoms with E-state index in [0.29, 0.717) is 35.4 Å². The summed E-state index contributed by atoms with van der Waals surface area (Å²) < 4.78 is 12.2. The number of hydrazine groups is 1. The molecule has 24 heavy (non-hydrogen) atoms. The highest BCUT2D eigenvalue weighted by atomic mass is 16.5. The third-order valence-electron chi connectivity index (χ3n) is 3.05. The molecule has 2 aromatic rings. The zero-order chi connectivity index (χ0) is 17.7. The SMILES string of the molecule is CCOc1ccc(-n2cnc(N(N)C(C)=O)nc2=O)cc1OCC. The summed E-state index contributed by atoms with van der Waals surface area (Å²) in [6, 6.07) is 5.04. The highest BCUT2D eigenvalue weighted by Crippen LogP contribution is 2.29. The van der Waals surface area contributed by atoms with Gasteiger partial charge in [0.2, 0.25) is 5.91 Å². The van der Waals surface area contributed by atoms with Gasteiger partial charge in [0.1, 0.15) is 6.33 Å². The van der Waals surface area contributed by atoms with Gasteiger partial charge in [0, 0.05) is 13.0 Å². The Balaban J connectivity index is 2.43. The van der Waals surface area contributed by atoms with Crippen LogP contribution in [0.4, 0.5) is 5.95 Å². The molecule has 1 amide bonds. The van der Waals surface area contributed by atoms with Crippen LogP contribution in [0.3, 0.4) is 0 Å². The predicted molar refractivity (Wildman–Crippen MR) is 87.3 cm³/mol. The third kappa shape index (κ3) is 3.69. The summed E-state index contributed by atoms with van der Waals surface area (Å²) in [4.78, 5) is 31.0. The minimum Gasteiger partial charge on any atom is -0.490 e. The zero-order valence-corrected chi connectivity index (χ0v) is 13.7. The lowest BCUT2D eigenvalue weighted by Crippen LogP contribution is -2.39. The quantitative estimate of drug-likeness (QED) is 0.469. The van der Waals surface area contributed by atoms with Gasteiger partial charge in [-0.1, -0.05) is 0 Å². The van der Waals surface area contributed by atoms with Crippen LogP contribution >= 0.6 is 0 Å². The molecule has 128 valence electrons. The van der Waals surface area contributed by atoms with Crippen molar-refractivity contribution in [1.29, 1.82) is 0 Å². The number of nitrogens with two attached hydrogens (primary N) is 1. The largest absolute Gasteiger partial charge is 0.490 e. The molecule has 1 heterocycles. The number of amides is 1. The number of hydrogen-bond acceptors (Lipinski definition) is 7. The summed E-state index contributed by atoms with van der Waals surface area (Å²) in [5.74, 6) is 5.93. The van der Waals surface area contributed by atoms with Gasteiger partial charge in [0.15, 0.2) is 11.5 Å². The van der Waals surface area contributed by atoms with Crippen molar-refractivity contribution in [2.75, 3.05) is 18.2 Å². The fraction of sp³-hybridized carbons (Fsp3) is 0.333. The number of aromatic nitrogens is 3. The van der Waals surface area contributed by atoms with Crippen LogP contribution in [0.1, 0.15) is 20.8 Å². The highest BCUT2D eigenvalue weighted by molar-refractivity contribution is 5.88. The van der Waals surface area contributed by atoms with Gasteiger partial charge >= 0.3 is 5.69 Å². The molecule has 0 saturated carbocycles. The lowest BCUT2D eigenvalue weighted by atomic mass is 10.2. The Kier molecular flexibility index (Phi) is 5.48. The molecule has 0 radical (unpaired) electrons. The average Bonchev–Trinajstić information content (AvgIpc) is 2.56. The first kappa shape index (κ1) is 17.4. The molecule has 9 nitrogen and oxygen atoms in total. The monoisotopic (exact) mass is 333 g/mol. The van der Waals surface area contributed by atoms with E-state index < -0.39 is 11.6 Å². The third-order valence-corrected chi connectivity index (χ3v) is 3.05. The fourth-order valence-corrected chi connectivity index (χ4v) is 1.95. The van der Waals surface area contributed by atoms with E-state index in [1.54, 1.807) is 18.2 Å². The van der Waals surface area contributed by atoms with Gasteiger partial charge in [0.05, 0.1) is 18.9 Å². The lowest BCUT2D eigenvalue weighted by Gasteiger charge is -2.14. The van der Waals surface area contributed by atoms with E-state index in [-0.39, 0.29) is 5.95 Å². The van der Waals surface area contributed by atoms with Crippen molar-refractivity contribution in [3.05, 3.63) is 35.0 Å². The summed E-state index contributed by atoms with van der Waals surface area (Å²) in [5.41, 5.74) is -0.117. The number of hydrogen-bond donors (Lipinski definition) is 1. The molecule has 1 aromatic carbocycles. The summed E-state index contributed by atoms with van der Waals surface area (Å²) in [6.07, 6.45) is 1.25. The van der Waals surface area contributed by atoms with Crippen molar-refractivity contribution in [3.8, 4) is 17.2 Å².